The highest BCUT2D eigenvalue weighted by Gasteiger charge is 2.21. The Hall–Kier alpha value is -4.19. The zero-order valence-corrected chi connectivity index (χ0v) is 17.8. The average molecular weight is 431 g/mol. The lowest BCUT2D eigenvalue weighted by Crippen LogP contribution is -2.19. The second-order valence-electron chi connectivity index (χ2n) is 7.54. The molecular formula is C23H21N5O4. The zero-order chi connectivity index (χ0) is 22.8. The van der Waals surface area contributed by atoms with Crippen molar-refractivity contribution in [2.24, 2.45) is 0 Å². The number of ether oxygens (including phenoxy) is 1. The Morgan fingerprint density at radius 1 is 1.25 bits per heavy atom. The number of aliphatic carboxylic acids is 1. The van der Waals surface area contributed by atoms with Crippen molar-refractivity contribution >= 4 is 16.9 Å². The Morgan fingerprint density at radius 2 is 2.03 bits per heavy atom. The van der Waals surface area contributed by atoms with Crippen molar-refractivity contribution in [2.75, 3.05) is 0 Å². The minimum atomic E-state index is -0.925. The highest BCUT2D eigenvalue weighted by Crippen LogP contribution is 2.29. The maximum Gasteiger partial charge on any atom is 0.328 e. The number of hydrogen-bond acceptors (Lipinski definition) is 7. The van der Waals surface area contributed by atoms with Crippen LogP contribution >= 0.6 is 0 Å². The van der Waals surface area contributed by atoms with Crippen molar-refractivity contribution in [3.63, 3.8) is 0 Å². The van der Waals surface area contributed by atoms with Gasteiger partial charge < -0.3 is 14.4 Å². The van der Waals surface area contributed by atoms with E-state index in [1.807, 2.05) is 19.9 Å². The summed E-state index contributed by atoms with van der Waals surface area (Å²) < 4.78 is 12.6. The van der Waals surface area contributed by atoms with E-state index in [4.69, 9.17) is 9.26 Å². The molecule has 1 N–H and O–H groups in total. The van der Waals surface area contributed by atoms with Crippen LogP contribution in [0.25, 0.3) is 33.7 Å². The molecule has 0 spiro atoms. The molecule has 0 aliphatic heterocycles. The van der Waals surface area contributed by atoms with Gasteiger partial charge in [-0.05, 0) is 56.7 Å². The smallest absolute Gasteiger partial charge is 0.328 e. The van der Waals surface area contributed by atoms with Gasteiger partial charge in [-0.15, -0.1) is 0 Å². The molecule has 9 nitrogen and oxygen atoms in total. The summed E-state index contributed by atoms with van der Waals surface area (Å²) in [4.78, 5) is 16.0. The van der Waals surface area contributed by atoms with Gasteiger partial charge in [-0.25, -0.2) is 4.79 Å². The zero-order valence-electron chi connectivity index (χ0n) is 17.8. The molecule has 1 atom stereocenters. The van der Waals surface area contributed by atoms with Gasteiger partial charge in [0, 0.05) is 16.5 Å². The molecule has 9 heteroatoms. The van der Waals surface area contributed by atoms with E-state index in [0.717, 1.165) is 5.39 Å². The van der Waals surface area contributed by atoms with Crippen molar-refractivity contribution in [1.29, 1.82) is 5.26 Å². The maximum atomic E-state index is 11.5. The Labute approximate surface area is 183 Å². The van der Waals surface area contributed by atoms with E-state index >= 15 is 0 Å². The third-order valence-electron chi connectivity index (χ3n) is 4.96. The fourth-order valence-corrected chi connectivity index (χ4v) is 3.46. The Bertz CT molecular complexity index is 1330. The van der Waals surface area contributed by atoms with E-state index in [1.165, 1.54) is 4.68 Å². The SMILES string of the molecule is CCC(C(=O)O)n1ncc2cc(-c3noc(-c4ccc(OC(C)C)c(C#N)c4)n3)ccc21. The van der Waals surface area contributed by atoms with Crippen molar-refractivity contribution in [2.45, 2.75) is 39.3 Å². The van der Waals surface area contributed by atoms with Gasteiger partial charge in [0.15, 0.2) is 0 Å². The molecule has 0 radical (unpaired) electrons. The van der Waals surface area contributed by atoms with Gasteiger partial charge in [0.25, 0.3) is 5.89 Å². The quantitative estimate of drug-likeness (QED) is 0.455. The van der Waals surface area contributed by atoms with Gasteiger partial charge in [0.05, 0.1) is 23.4 Å². The fourth-order valence-electron chi connectivity index (χ4n) is 3.46. The van der Waals surface area contributed by atoms with E-state index in [0.29, 0.717) is 40.2 Å². The summed E-state index contributed by atoms with van der Waals surface area (Å²) in [6.07, 6.45) is 2.00. The number of carbonyl (C=O) groups is 1. The third kappa shape index (κ3) is 3.90. The van der Waals surface area contributed by atoms with Crippen LogP contribution in [0.15, 0.2) is 47.1 Å². The number of rotatable bonds is 7. The normalized spacial score (nSPS) is 12.1. The van der Waals surface area contributed by atoms with Crippen LogP contribution in [0.2, 0.25) is 0 Å². The highest BCUT2D eigenvalue weighted by atomic mass is 16.5. The van der Waals surface area contributed by atoms with Crippen LogP contribution in [-0.2, 0) is 4.79 Å². The largest absolute Gasteiger partial charge is 0.490 e. The number of hydrogen-bond donors (Lipinski definition) is 1. The van der Waals surface area contributed by atoms with Crippen LogP contribution in [0.1, 0.15) is 38.8 Å². The number of fused-ring (bicyclic) bond motifs is 1. The van der Waals surface area contributed by atoms with Crippen molar-refractivity contribution in [3.05, 3.63) is 48.2 Å². The van der Waals surface area contributed by atoms with E-state index in [2.05, 4.69) is 21.3 Å². The Kier molecular flexibility index (Phi) is 5.60. The lowest BCUT2D eigenvalue weighted by atomic mass is 10.1. The molecule has 162 valence electrons. The second kappa shape index (κ2) is 8.51. The predicted octanol–water partition coefficient (Wildman–Crippen LogP) is 4.45. The van der Waals surface area contributed by atoms with Crippen LogP contribution in [0.5, 0.6) is 5.75 Å². The van der Waals surface area contributed by atoms with Crippen LogP contribution in [0.3, 0.4) is 0 Å². The molecule has 0 saturated carbocycles. The number of nitriles is 1. The summed E-state index contributed by atoms with van der Waals surface area (Å²) in [6, 6.07) is 12.0. The maximum absolute atomic E-state index is 11.5. The number of aromatic nitrogens is 4. The molecule has 0 bridgehead atoms. The lowest BCUT2D eigenvalue weighted by Gasteiger charge is -2.11. The predicted molar refractivity (Wildman–Crippen MR) is 116 cm³/mol. The molecule has 4 rings (SSSR count). The summed E-state index contributed by atoms with van der Waals surface area (Å²) in [5.41, 5.74) is 2.41. The summed E-state index contributed by atoms with van der Waals surface area (Å²) in [5, 5.41) is 27.9. The summed E-state index contributed by atoms with van der Waals surface area (Å²) in [7, 11) is 0. The van der Waals surface area contributed by atoms with Gasteiger partial charge in [-0.2, -0.15) is 15.3 Å². The number of carboxylic acid groups (broad SMARTS) is 1. The van der Waals surface area contributed by atoms with Crippen LogP contribution in [-0.4, -0.2) is 37.1 Å². The van der Waals surface area contributed by atoms with Gasteiger partial charge in [0.2, 0.25) is 5.82 Å². The average Bonchev–Trinajstić information content (AvgIpc) is 3.41. The first kappa shape index (κ1) is 21.1. The molecule has 0 aliphatic rings. The topological polar surface area (TPSA) is 127 Å². The molecular weight excluding hydrogens is 410 g/mol. The molecule has 2 heterocycles. The number of benzene rings is 2. The Balaban J connectivity index is 1.65. The molecule has 0 aliphatic carbocycles. The summed E-state index contributed by atoms with van der Waals surface area (Å²) >= 11 is 0. The molecule has 2 aromatic heterocycles. The van der Waals surface area contributed by atoms with E-state index in [9.17, 15) is 15.2 Å². The second-order valence-corrected chi connectivity index (χ2v) is 7.54. The molecule has 32 heavy (non-hydrogen) atoms. The molecule has 4 aromatic rings. The molecule has 0 saturated heterocycles. The summed E-state index contributed by atoms with van der Waals surface area (Å²) in [6.45, 7) is 5.59. The molecule has 1 unspecified atom stereocenters. The van der Waals surface area contributed by atoms with Crippen molar-refractivity contribution in [3.8, 4) is 34.7 Å². The molecule has 0 amide bonds. The first-order chi connectivity index (χ1) is 15.4. The highest BCUT2D eigenvalue weighted by molar-refractivity contribution is 5.85. The van der Waals surface area contributed by atoms with Gasteiger partial charge >= 0.3 is 5.97 Å². The van der Waals surface area contributed by atoms with E-state index in [-0.39, 0.29) is 12.0 Å². The number of carboxylic acids is 1. The number of nitrogens with zero attached hydrogens (tertiary/aromatic N) is 5. The minimum absolute atomic E-state index is 0.0506. The van der Waals surface area contributed by atoms with Crippen molar-refractivity contribution < 1.29 is 19.2 Å². The van der Waals surface area contributed by atoms with Gasteiger partial charge in [-0.3, -0.25) is 4.68 Å². The third-order valence-corrected chi connectivity index (χ3v) is 4.96. The fraction of sp³-hybridized carbons (Fsp3) is 0.261. The molecule has 0 fully saturated rings. The van der Waals surface area contributed by atoms with Crippen LogP contribution in [0, 0.1) is 11.3 Å². The summed E-state index contributed by atoms with van der Waals surface area (Å²) in [5.74, 6) is 0.229. The monoisotopic (exact) mass is 431 g/mol. The van der Waals surface area contributed by atoms with Gasteiger partial charge in [0.1, 0.15) is 17.9 Å². The first-order valence-corrected chi connectivity index (χ1v) is 10.2. The first-order valence-electron chi connectivity index (χ1n) is 10.2. The molecule has 2 aromatic carbocycles. The van der Waals surface area contributed by atoms with Crippen LogP contribution in [0.4, 0.5) is 0 Å². The van der Waals surface area contributed by atoms with Crippen LogP contribution < -0.4 is 4.74 Å². The van der Waals surface area contributed by atoms with E-state index < -0.39 is 12.0 Å². The standard InChI is InChI=1S/C23H21N5O4/c1-4-18(23(29)30)28-19-7-5-14(9-17(19)12-25-28)21-26-22(32-27-21)15-6-8-20(31-13(2)3)16(10-15)11-24/h5-10,12-13,18H,4H2,1-3H3,(H,29,30). The Morgan fingerprint density at radius 3 is 2.72 bits per heavy atom. The van der Waals surface area contributed by atoms with E-state index in [1.54, 1.807) is 43.5 Å². The lowest BCUT2D eigenvalue weighted by molar-refractivity contribution is -0.141. The van der Waals surface area contributed by atoms with Crippen molar-refractivity contribution in [1.82, 2.24) is 19.9 Å². The van der Waals surface area contributed by atoms with Gasteiger partial charge in [-0.1, -0.05) is 12.1 Å². The minimum Gasteiger partial charge on any atom is -0.490 e.